The van der Waals surface area contributed by atoms with Gasteiger partial charge >= 0.3 is 0 Å². The molecular weight excluding hydrogens is 426 g/mol. The van der Waals surface area contributed by atoms with Crippen molar-refractivity contribution < 1.29 is 14.3 Å². The summed E-state index contributed by atoms with van der Waals surface area (Å²) >= 11 is 0. The third-order valence-corrected chi connectivity index (χ3v) is 6.01. The lowest BCUT2D eigenvalue weighted by Gasteiger charge is -2.26. The number of nitrogens with zero attached hydrogens (tertiary/aromatic N) is 3. The maximum atomic E-state index is 13.5. The number of hydrogen-bond acceptors (Lipinski definition) is 5. The molecule has 0 radical (unpaired) electrons. The van der Waals surface area contributed by atoms with E-state index in [4.69, 9.17) is 14.7 Å². The summed E-state index contributed by atoms with van der Waals surface area (Å²) in [5.74, 6) is 1.31. The SMILES string of the molecule is COc1ccc(N(C(=O)c2ccc(C#N)cc2)c2ccc(OCCN3CCCCC3)cc2)cc1. The van der Waals surface area contributed by atoms with E-state index in [9.17, 15) is 4.79 Å². The molecule has 0 spiro atoms. The number of benzene rings is 3. The van der Waals surface area contributed by atoms with E-state index >= 15 is 0 Å². The van der Waals surface area contributed by atoms with Crippen LogP contribution in [0.5, 0.6) is 11.5 Å². The summed E-state index contributed by atoms with van der Waals surface area (Å²) in [6.45, 7) is 3.87. The Kier molecular flexibility index (Phi) is 7.79. The molecule has 0 saturated carbocycles. The fourth-order valence-electron chi connectivity index (χ4n) is 4.10. The fraction of sp³-hybridized carbons (Fsp3) is 0.286. The van der Waals surface area contributed by atoms with Crippen molar-refractivity contribution in [3.05, 3.63) is 83.9 Å². The van der Waals surface area contributed by atoms with Crippen LogP contribution < -0.4 is 14.4 Å². The molecule has 0 aliphatic carbocycles. The summed E-state index contributed by atoms with van der Waals surface area (Å²) in [7, 11) is 1.61. The number of likely N-dealkylation sites (tertiary alicyclic amines) is 1. The highest BCUT2D eigenvalue weighted by molar-refractivity contribution is 6.11. The number of piperidine rings is 1. The van der Waals surface area contributed by atoms with Crippen molar-refractivity contribution in [2.45, 2.75) is 19.3 Å². The van der Waals surface area contributed by atoms with Crippen LogP contribution in [-0.2, 0) is 0 Å². The Labute approximate surface area is 200 Å². The van der Waals surface area contributed by atoms with E-state index in [-0.39, 0.29) is 5.91 Å². The molecule has 1 aliphatic heterocycles. The molecule has 4 rings (SSSR count). The van der Waals surface area contributed by atoms with E-state index in [1.807, 2.05) is 48.5 Å². The van der Waals surface area contributed by atoms with E-state index in [0.717, 1.165) is 31.1 Å². The Balaban J connectivity index is 1.52. The molecule has 34 heavy (non-hydrogen) atoms. The number of carbonyl (C=O) groups is 1. The van der Waals surface area contributed by atoms with Gasteiger partial charge in [0.1, 0.15) is 18.1 Å². The predicted molar refractivity (Wildman–Crippen MR) is 133 cm³/mol. The third-order valence-electron chi connectivity index (χ3n) is 6.01. The predicted octanol–water partition coefficient (Wildman–Crippen LogP) is 5.41. The minimum Gasteiger partial charge on any atom is -0.497 e. The second kappa shape index (κ2) is 11.4. The van der Waals surface area contributed by atoms with Crippen LogP contribution >= 0.6 is 0 Å². The molecule has 1 amide bonds. The normalized spacial score (nSPS) is 13.6. The summed E-state index contributed by atoms with van der Waals surface area (Å²) in [5.41, 5.74) is 2.45. The van der Waals surface area contributed by atoms with Crippen molar-refractivity contribution in [2.24, 2.45) is 0 Å². The lowest BCUT2D eigenvalue weighted by molar-refractivity contribution is 0.0999. The molecule has 174 valence electrons. The van der Waals surface area contributed by atoms with Gasteiger partial charge in [0, 0.05) is 23.5 Å². The second-order valence-corrected chi connectivity index (χ2v) is 8.27. The highest BCUT2D eigenvalue weighted by atomic mass is 16.5. The monoisotopic (exact) mass is 455 g/mol. The molecule has 0 bridgehead atoms. The van der Waals surface area contributed by atoms with Crippen LogP contribution in [0.2, 0.25) is 0 Å². The number of amides is 1. The summed E-state index contributed by atoms with van der Waals surface area (Å²) < 4.78 is 11.2. The number of hydrogen-bond donors (Lipinski definition) is 0. The highest BCUT2D eigenvalue weighted by Gasteiger charge is 2.20. The van der Waals surface area contributed by atoms with Crippen LogP contribution in [0.15, 0.2) is 72.8 Å². The molecule has 0 N–H and O–H groups in total. The van der Waals surface area contributed by atoms with E-state index < -0.39 is 0 Å². The molecule has 1 fully saturated rings. The first-order valence-electron chi connectivity index (χ1n) is 11.6. The maximum absolute atomic E-state index is 13.5. The number of carbonyl (C=O) groups excluding carboxylic acids is 1. The van der Waals surface area contributed by atoms with E-state index in [0.29, 0.717) is 29.2 Å². The third kappa shape index (κ3) is 5.75. The zero-order valence-corrected chi connectivity index (χ0v) is 19.4. The van der Waals surface area contributed by atoms with Gasteiger partial charge in [0.25, 0.3) is 5.91 Å². The van der Waals surface area contributed by atoms with Crippen molar-refractivity contribution in [2.75, 3.05) is 38.3 Å². The van der Waals surface area contributed by atoms with Crippen molar-refractivity contribution in [1.29, 1.82) is 5.26 Å². The molecule has 1 heterocycles. The lowest BCUT2D eigenvalue weighted by atomic mass is 10.1. The minimum atomic E-state index is -0.187. The number of ether oxygens (including phenoxy) is 2. The topological polar surface area (TPSA) is 65.8 Å². The fourth-order valence-corrected chi connectivity index (χ4v) is 4.10. The Morgan fingerprint density at radius 2 is 1.47 bits per heavy atom. The number of methoxy groups -OCH3 is 1. The Hall–Kier alpha value is -3.82. The molecule has 6 nitrogen and oxygen atoms in total. The first kappa shape index (κ1) is 23.3. The number of rotatable bonds is 8. The molecule has 6 heteroatoms. The second-order valence-electron chi connectivity index (χ2n) is 8.27. The number of anilines is 2. The van der Waals surface area contributed by atoms with Gasteiger partial charge in [-0.25, -0.2) is 0 Å². The van der Waals surface area contributed by atoms with Gasteiger partial charge in [0.05, 0.1) is 18.7 Å². The Morgan fingerprint density at radius 1 is 0.882 bits per heavy atom. The molecule has 3 aromatic carbocycles. The Bertz CT molecular complexity index is 1110. The van der Waals surface area contributed by atoms with Gasteiger partial charge in [0.15, 0.2) is 0 Å². The first-order valence-corrected chi connectivity index (χ1v) is 11.6. The lowest BCUT2D eigenvalue weighted by Crippen LogP contribution is -2.33. The molecule has 0 unspecified atom stereocenters. The average Bonchev–Trinajstić information content (AvgIpc) is 2.91. The molecule has 0 atom stereocenters. The molecule has 1 aliphatic rings. The van der Waals surface area contributed by atoms with Crippen molar-refractivity contribution in [1.82, 2.24) is 4.90 Å². The molecule has 1 saturated heterocycles. The quantitative estimate of drug-likeness (QED) is 0.454. The van der Waals surface area contributed by atoms with Crippen LogP contribution in [-0.4, -0.2) is 44.2 Å². The Morgan fingerprint density at radius 3 is 2.03 bits per heavy atom. The smallest absolute Gasteiger partial charge is 0.262 e. The van der Waals surface area contributed by atoms with Crippen molar-refractivity contribution in [3.8, 4) is 17.6 Å². The van der Waals surface area contributed by atoms with E-state index in [1.54, 1.807) is 36.3 Å². The van der Waals surface area contributed by atoms with Gasteiger partial charge in [-0.2, -0.15) is 5.26 Å². The molecular formula is C28H29N3O3. The summed E-state index contributed by atoms with van der Waals surface area (Å²) in [6, 6.07) is 23.7. The van der Waals surface area contributed by atoms with E-state index in [2.05, 4.69) is 11.0 Å². The first-order chi connectivity index (χ1) is 16.7. The highest BCUT2D eigenvalue weighted by Crippen LogP contribution is 2.30. The zero-order valence-electron chi connectivity index (χ0n) is 19.4. The zero-order chi connectivity index (χ0) is 23.8. The van der Waals surface area contributed by atoms with Crippen LogP contribution in [0.4, 0.5) is 11.4 Å². The minimum absolute atomic E-state index is 0.187. The van der Waals surface area contributed by atoms with E-state index in [1.165, 1.54) is 19.3 Å². The van der Waals surface area contributed by atoms with Gasteiger partial charge in [-0.3, -0.25) is 14.6 Å². The van der Waals surface area contributed by atoms with Gasteiger partial charge in [-0.1, -0.05) is 6.42 Å². The van der Waals surface area contributed by atoms with Crippen LogP contribution in [0.3, 0.4) is 0 Å². The van der Waals surface area contributed by atoms with Crippen LogP contribution in [0.25, 0.3) is 0 Å². The van der Waals surface area contributed by atoms with Gasteiger partial charge < -0.3 is 9.47 Å². The van der Waals surface area contributed by atoms with Gasteiger partial charge in [-0.15, -0.1) is 0 Å². The number of nitriles is 1. The van der Waals surface area contributed by atoms with Crippen LogP contribution in [0.1, 0.15) is 35.2 Å². The standard InChI is InChI=1S/C28H29N3O3/c1-33-26-13-9-24(10-14-26)31(28(32)23-7-5-22(21-29)6-8-23)25-11-15-27(16-12-25)34-20-19-30-17-3-2-4-18-30/h5-16H,2-4,17-20H2,1H3. The van der Waals surface area contributed by atoms with Crippen molar-refractivity contribution in [3.63, 3.8) is 0 Å². The molecule has 3 aromatic rings. The van der Waals surface area contributed by atoms with Crippen LogP contribution in [0, 0.1) is 11.3 Å². The maximum Gasteiger partial charge on any atom is 0.262 e. The molecule has 0 aromatic heterocycles. The largest absolute Gasteiger partial charge is 0.497 e. The summed E-state index contributed by atoms with van der Waals surface area (Å²) in [4.78, 5) is 17.6. The van der Waals surface area contributed by atoms with Gasteiger partial charge in [0.2, 0.25) is 0 Å². The summed E-state index contributed by atoms with van der Waals surface area (Å²) in [5, 5.41) is 9.07. The van der Waals surface area contributed by atoms with Gasteiger partial charge in [-0.05, 0) is 98.7 Å². The summed E-state index contributed by atoms with van der Waals surface area (Å²) in [6.07, 6.45) is 3.86. The van der Waals surface area contributed by atoms with Crippen molar-refractivity contribution >= 4 is 17.3 Å². The average molecular weight is 456 g/mol.